The van der Waals surface area contributed by atoms with Crippen molar-refractivity contribution in [2.24, 2.45) is 0 Å². The Balaban J connectivity index is 1.81. The van der Waals surface area contributed by atoms with Crippen LogP contribution >= 0.6 is 11.3 Å². The standard InChI is InChI=1S/C17H13N3OS/c1-10-5-6-18-7-13(10)15-9-22-17(20-15)12-4-2-3-11-14(12)8-19-16(11)21/h2-7,9H,8H2,1H3,(H,19,21). The lowest BCUT2D eigenvalue weighted by molar-refractivity contribution is 0.0966. The van der Waals surface area contributed by atoms with Crippen LogP contribution in [0.1, 0.15) is 21.5 Å². The summed E-state index contributed by atoms with van der Waals surface area (Å²) in [7, 11) is 0. The zero-order valence-corrected chi connectivity index (χ0v) is 12.8. The van der Waals surface area contributed by atoms with E-state index in [2.05, 4.69) is 17.2 Å². The van der Waals surface area contributed by atoms with E-state index >= 15 is 0 Å². The second kappa shape index (κ2) is 5.03. The van der Waals surface area contributed by atoms with Crippen LogP contribution in [0.15, 0.2) is 42.0 Å². The molecular weight excluding hydrogens is 294 g/mol. The van der Waals surface area contributed by atoms with Gasteiger partial charge in [-0.2, -0.15) is 0 Å². The first-order valence-electron chi connectivity index (χ1n) is 7.01. The second-order valence-corrected chi connectivity index (χ2v) is 6.10. The normalized spacial score (nSPS) is 13.0. The lowest BCUT2D eigenvalue weighted by Crippen LogP contribution is -2.12. The van der Waals surface area contributed by atoms with Crippen molar-refractivity contribution in [3.8, 4) is 21.8 Å². The lowest BCUT2D eigenvalue weighted by Gasteiger charge is -2.03. The van der Waals surface area contributed by atoms with Crippen molar-refractivity contribution in [1.29, 1.82) is 0 Å². The van der Waals surface area contributed by atoms with Crippen LogP contribution < -0.4 is 5.32 Å². The molecule has 22 heavy (non-hydrogen) atoms. The molecule has 4 rings (SSSR count). The van der Waals surface area contributed by atoms with E-state index < -0.39 is 0 Å². The highest BCUT2D eigenvalue weighted by Gasteiger charge is 2.23. The summed E-state index contributed by atoms with van der Waals surface area (Å²) in [5.74, 6) is -0.00302. The third kappa shape index (κ3) is 2.02. The number of hydrogen-bond acceptors (Lipinski definition) is 4. The number of pyridine rings is 1. The van der Waals surface area contributed by atoms with E-state index in [1.54, 1.807) is 17.5 Å². The number of carbonyl (C=O) groups is 1. The molecule has 0 bridgehead atoms. The molecule has 1 N–H and O–H groups in total. The van der Waals surface area contributed by atoms with Crippen LogP contribution in [-0.4, -0.2) is 15.9 Å². The van der Waals surface area contributed by atoms with Gasteiger partial charge in [-0.05, 0) is 30.2 Å². The fourth-order valence-electron chi connectivity index (χ4n) is 2.71. The molecule has 2 aromatic heterocycles. The van der Waals surface area contributed by atoms with Crippen LogP contribution in [0.2, 0.25) is 0 Å². The molecular formula is C17H13N3OS. The molecule has 4 nitrogen and oxygen atoms in total. The number of amides is 1. The lowest BCUT2D eigenvalue weighted by atomic mass is 10.0. The van der Waals surface area contributed by atoms with Crippen molar-refractivity contribution in [3.63, 3.8) is 0 Å². The number of benzene rings is 1. The van der Waals surface area contributed by atoms with Gasteiger partial charge in [0.25, 0.3) is 5.91 Å². The third-order valence-electron chi connectivity index (χ3n) is 3.90. The molecule has 3 heterocycles. The molecule has 0 atom stereocenters. The first-order chi connectivity index (χ1) is 10.7. The summed E-state index contributed by atoms with van der Waals surface area (Å²) in [6.45, 7) is 2.63. The van der Waals surface area contributed by atoms with Crippen LogP contribution in [0.25, 0.3) is 21.8 Å². The van der Waals surface area contributed by atoms with Gasteiger partial charge in [0.2, 0.25) is 0 Å². The quantitative estimate of drug-likeness (QED) is 0.789. The summed E-state index contributed by atoms with van der Waals surface area (Å²) in [5.41, 5.74) is 5.96. The number of aryl methyl sites for hydroxylation is 1. The van der Waals surface area contributed by atoms with Gasteiger partial charge in [-0.1, -0.05) is 12.1 Å². The van der Waals surface area contributed by atoms with Gasteiger partial charge < -0.3 is 5.32 Å². The van der Waals surface area contributed by atoms with Gasteiger partial charge in [-0.15, -0.1) is 11.3 Å². The number of rotatable bonds is 2. The molecule has 0 saturated heterocycles. The maximum atomic E-state index is 11.8. The minimum absolute atomic E-state index is 0.00302. The fraction of sp³-hybridized carbons (Fsp3) is 0.118. The van der Waals surface area contributed by atoms with E-state index in [0.717, 1.165) is 38.5 Å². The molecule has 0 spiro atoms. The van der Waals surface area contributed by atoms with Crippen molar-refractivity contribution < 1.29 is 4.79 Å². The Labute approximate surface area is 131 Å². The Bertz CT molecular complexity index is 885. The zero-order valence-electron chi connectivity index (χ0n) is 12.0. The maximum Gasteiger partial charge on any atom is 0.251 e. The van der Waals surface area contributed by atoms with Gasteiger partial charge in [0.15, 0.2) is 0 Å². The number of aromatic nitrogens is 2. The van der Waals surface area contributed by atoms with Crippen LogP contribution in [0.4, 0.5) is 0 Å². The van der Waals surface area contributed by atoms with Crippen LogP contribution in [0.5, 0.6) is 0 Å². The summed E-state index contributed by atoms with van der Waals surface area (Å²) in [5, 5.41) is 5.85. The molecule has 0 aliphatic carbocycles. The fourth-order valence-corrected chi connectivity index (χ4v) is 3.58. The maximum absolute atomic E-state index is 11.8. The largest absolute Gasteiger partial charge is 0.348 e. The molecule has 1 aliphatic heterocycles. The van der Waals surface area contributed by atoms with E-state index in [1.165, 1.54) is 0 Å². The molecule has 1 amide bonds. The number of hydrogen-bond donors (Lipinski definition) is 1. The predicted octanol–water partition coefficient (Wildman–Crippen LogP) is 3.42. The highest BCUT2D eigenvalue weighted by atomic mass is 32.1. The monoisotopic (exact) mass is 307 g/mol. The molecule has 5 heteroatoms. The van der Waals surface area contributed by atoms with E-state index in [9.17, 15) is 4.79 Å². The van der Waals surface area contributed by atoms with E-state index in [0.29, 0.717) is 6.54 Å². The van der Waals surface area contributed by atoms with Crippen molar-refractivity contribution in [2.75, 3.05) is 0 Å². The smallest absolute Gasteiger partial charge is 0.251 e. The summed E-state index contributed by atoms with van der Waals surface area (Å²) in [6, 6.07) is 7.78. The molecule has 1 aliphatic rings. The van der Waals surface area contributed by atoms with E-state index in [1.807, 2.05) is 35.8 Å². The number of thiazole rings is 1. The Morgan fingerprint density at radius 1 is 1.18 bits per heavy atom. The van der Waals surface area contributed by atoms with Crippen molar-refractivity contribution in [2.45, 2.75) is 13.5 Å². The number of carbonyl (C=O) groups excluding carboxylic acids is 1. The molecule has 108 valence electrons. The molecule has 0 fully saturated rings. The first-order valence-corrected chi connectivity index (χ1v) is 7.89. The predicted molar refractivity (Wildman–Crippen MR) is 86.7 cm³/mol. The Morgan fingerprint density at radius 2 is 2.05 bits per heavy atom. The number of fused-ring (bicyclic) bond motifs is 1. The van der Waals surface area contributed by atoms with Gasteiger partial charge in [0.1, 0.15) is 5.01 Å². The van der Waals surface area contributed by atoms with E-state index in [4.69, 9.17) is 4.98 Å². The highest BCUT2D eigenvalue weighted by Crippen LogP contribution is 2.34. The Hall–Kier alpha value is -2.53. The summed E-state index contributed by atoms with van der Waals surface area (Å²) >= 11 is 1.60. The molecule has 0 radical (unpaired) electrons. The van der Waals surface area contributed by atoms with Gasteiger partial charge in [-0.3, -0.25) is 9.78 Å². The average Bonchev–Trinajstić information content (AvgIpc) is 3.15. The van der Waals surface area contributed by atoms with Crippen molar-refractivity contribution in [3.05, 3.63) is 58.7 Å². The number of nitrogens with zero attached hydrogens (tertiary/aromatic N) is 2. The molecule has 0 unspecified atom stereocenters. The second-order valence-electron chi connectivity index (χ2n) is 5.24. The molecule has 3 aromatic rings. The van der Waals surface area contributed by atoms with Gasteiger partial charge in [-0.25, -0.2) is 4.98 Å². The summed E-state index contributed by atoms with van der Waals surface area (Å²) in [4.78, 5) is 20.7. The van der Waals surface area contributed by atoms with Crippen LogP contribution in [0, 0.1) is 6.92 Å². The minimum atomic E-state index is -0.00302. The Morgan fingerprint density at radius 3 is 2.91 bits per heavy atom. The minimum Gasteiger partial charge on any atom is -0.348 e. The highest BCUT2D eigenvalue weighted by molar-refractivity contribution is 7.13. The average molecular weight is 307 g/mol. The molecule has 0 saturated carbocycles. The first kappa shape index (κ1) is 13.2. The van der Waals surface area contributed by atoms with E-state index in [-0.39, 0.29) is 5.91 Å². The van der Waals surface area contributed by atoms with Gasteiger partial charge >= 0.3 is 0 Å². The van der Waals surface area contributed by atoms with Crippen LogP contribution in [-0.2, 0) is 6.54 Å². The summed E-state index contributed by atoms with van der Waals surface area (Å²) < 4.78 is 0. The van der Waals surface area contributed by atoms with Crippen molar-refractivity contribution >= 4 is 17.2 Å². The zero-order chi connectivity index (χ0) is 15.1. The Kier molecular flexibility index (Phi) is 3.01. The summed E-state index contributed by atoms with van der Waals surface area (Å²) in [6.07, 6.45) is 3.63. The number of nitrogens with one attached hydrogen (secondary N) is 1. The van der Waals surface area contributed by atoms with Crippen molar-refractivity contribution in [1.82, 2.24) is 15.3 Å². The topological polar surface area (TPSA) is 54.9 Å². The third-order valence-corrected chi connectivity index (χ3v) is 4.77. The van der Waals surface area contributed by atoms with Crippen LogP contribution in [0.3, 0.4) is 0 Å². The van der Waals surface area contributed by atoms with Gasteiger partial charge in [0.05, 0.1) is 5.69 Å². The molecule has 1 aromatic carbocycles. The van der Waals surface area contributed by atoms with Gasteiger partial charge in [0, 0.05) is 41.0 Å². The SMILES string of the molecule is Cc1ccncc1-c1csc(-c2cccc3c2CNC3=O)n1.